The number of nitrogens with two attached hydrogens (primary N) is 1. The summed E-state index contributed by atoms with van der Waals surface area (Å²) in [5, 5.41) is 0. The maximum Gasteiger partial charge on any atom is 0.0656 e. The molecule has 2 nitrogen and oxygen atoms in total. The molecule has 4 heteroatoms. The molecule has 1 rings (SSSR count). The van der Waals surface area contributed by atoms with Crippen molar-refractivity contribution in [2.24, 2.45) is 0 Å². The third-order valence-corrected chi connectivity index (χ3v) is 2.88. The Morgan fingerprint density at radius 1 is 1.33 bits per heavy atom. The first-order valence-electron chi connectivity index (χ1n) is 2.26. The van der Waals surface area contributed by atoms with Gasteiger partial charge in [0.1, 0.15) is 0 Å². The van der Waals surface area contributed by atoms with Crippen LogP contribution in [0, 0.1) is 0 Å². The van der Waals surface area contributed by atoms with Gasteiger partial charge in [0.25, 0.3) is 0 Å². The molecule has 48 valence electrons. The average Bonchev–Trinajstić information content (AvgIpc) is 1.83. The number of rotatable bonds is 0. The van der Waals surface area contributed by atoms with Crippen molar-refractivity contribution < 1.29 is 0 Å². The Morgan fingerprint density at radius 3 is 2.44 bits per heavy atom. The molecule has 0 amide bonds. The highest BCUT2D eigenvalue weighted by Gasteiger charge is 1.97. The van der Waals surface area contributed by atoms with E-state index in [4.69, 9.17) is 5.73 Å². The van der Waals surface area contributed by atoms with Gasteiger partial charge in [0.2, 0.25) is 0 Å². The van der Waals surface area contributed by atoms with Gasteiger partial charge in [-0.05, 0) is 31.9 Å². The van der Waals surface area contributed by atoms with Crippen LogP contribution in [0.15, 0.2) is 21.3 Å². The molecular weight excluding hydrogens is 248 g/mol. The lowest BCUT2D eigenvalue weighted by molar-refractivity contribution is 1.30. The summed E-state index contributed by atoms with van der Waals surface area (Å²) in [7, 11) is 0. The monoisotopic (exact) mass is 250 g/mol. The fourth-order valence-electron chi connectivity index (χ4n) is 0.434. The van der Waals surface area contributed by atoms with E-state index in [9.17, 15) is 0 Å². The summed E-state index contributed by atoms with van der Waals surface area (Å²) in [5.41, 5.74) is 6.12. The minimum Gasteiger partial charge on any atom is -0.397 e. The number of hydrogen-bond donors (Lipinski definition) is 1. The van der Waals surface area contributed by atoms with E-state index in [0.29, 0.717) is 5.69 Å². The zero-order valence-corrected chi connectivity index (χ0v) is 7.61. The van der Waals surface area contributed by atoms with E-state index in [1.807, 2.05) is 0 Å². The molecule has 0 radical (unpaired) electrons. The van der Waals surface area contributed by atoms with Crippen molar-refractivity contribution in [1.29, 1.82) is 0 Å². The van der Waals surface area contributed by atoms with Gasteiger partial charge in [-0.1, -0.05) is 0 Å². The fraction of sp³-hybridized carbons (Fsp3) is 0. The lowest BCUT2D eigenvalue weighted by Crippen LogP contribution is -1.87. The van der Waals surface area contributed by atoms with Gasteiger partial charge in [-0.15, -0.1) is 0 Å². The maximum atomic E-state index is 5.48. The quantitative estimate of drug-likeness (QED) is 0.768. The summed E-state index contributed by atoms with van der Waals surface area (Å²) < 4.78 is 1.74. The van der Waals surface area contributed by atoms with Crippen molar-refractivity contribution in [1.82, 2.24) is 4.98 Å². The molecule has 0 saturated carbocycles. The molecule has 0 aromatic carbocycles. The molecule has 0 atom stereocenters. The highest BCUT2D eigenvalue weighted by molar-refractivity contribution is 9.13. The van der Waals surface area contributed by atoms with Crippen molar-refractivity contribution in [3.05, 3.63) is 21.3 Å². The predicted octanol–water partition coefficient (Wildman–Crippen LogP) is 2.19. The van der Waals surface area contributed by atoms with Gasteiger partial charge in [0, 0.05) is 6.20 Å². The standard InChI is InChI=1S/C5H4Br2N2/c6-3-1-9-2-4(8)5(3)7/h1-2H,8H2. The summed E-state index contributed by atoms with van der Waals surface area (Å²) in [6.07, 6.45) is 3.27. The molecule has 0 saturated heterocycles. The highest BCUT2D eigenvalue weighted by Crippen LogP contribution is 2.26. The summed E-state index contributed by atoms with van der Waals surface area (Å²) in [5.74, 6) is 0. The van der Waals surface area contributed by atoms with Gasteiger partial charge >= 0.3 is 0 Å². The van der Waals surface area contributed by atoms with Crippen LogP contribution in [0.4, 0.5) is 5.69 Å². The van der Waals surface area contributed by atoms with Crippen molar-refractivity contribution >= 4 is 37.5 Å². The van der Waals surface area contributed by atoms with E-state index in [1.54, 1.807) is 12.4 Å². The Kier molecular flexibility index (Phi) is 2.08. The molecule has 1 heterocycles. The van der Waals surface area contributed by atoms with Crippen molar-refractivity contribution in [2.75, 3.05) is 5.73 Å². The molecule has 0 unspecified atom stereocenters. The summed E-state index contributed by atoms with van der Waals surface area (Å²) in [6, 6.07) is 0. The molecular formula is C5H4Br2N2. The first-order chi connectivity index (χ1) is 4.22. The van der Waals surface area contributed by atoms with Gasteiger partial charge in [0.05, 0.1) is 20.8 Å². The van der Waals surface area contributed by atoms with Crippen LogP contribution < -0.4 is 5.73 Å². The number of halogens is 2. The van der Waals surface area contributed by atoms with Gasteiger partial charge < -0.3 is 5.73 Å². The van der Waals surface area contributed by atoms with Crippen LogP contribution in [0.1, 0.15) is 0 Å². The first kappa shape index (κ1) is 7.02. The summed E-state index contributed by atoms with van der Waals surface area (Å²) in [4.78, 5) is 3.84. The largest absolute Gasteiger partial charge is 0.397 e. The minimum atomic E-state index is 0.643. The number of pyridine rings is 1. The van der Waals surface area contributed by atoms with E-state index in [0.717, 1.165) is 8.95 Å². The molecule has 0 bridgehead atoms. The molecule has 0 aliphatic rings. The highest BCUT2D eigenvalue weighted by atomic mass is 79.9. The molecule has 0 aliphatic carbocycles. The van der Waals surface area contributed by atoms with Crippen LogP contribution in [0.2, 0.25) is 0 Å². The van der Waals surface area contributed by atoms with Crippen molar-refractivity contribution in [2.45, 2.75) is 0 Å². The number of nitrogens with zero attached hydrogens (tertiary/aromatic N) is 1. The van der Waals surface area contributed by atoms with Crippen molar-refractivity contribution in [3.8, 4) is 0 Å². The number of anilines is 1. The van der Waals surface area contributed by atoms with Gasteiger partial charge in [-0.25, -0.2) is 0 Å². The van der Waals surface area contributed by atoms with Crippen LogP contribution in [0.5, 0.6) is 0 Å². The van der Waals surface area contributed by atoms with E-state index >= 15 is 0 Å². The second kappa shape index (κ2) is 2.66. The molecule has 1 aromatic heterocycles. The zero-order valence-electron chi connectivity index (χ0n) is 4.44. The number of aromatic nitrogens is 1. The Balaban J connectivity index is 3.25. The number of nitrogen functional groups attached to an aromatic ring is 1. The van der Waals surface area contributed by atoms with Crippen LogP contribution in [0.3, 0.4) is 0 Å². The smallest absolute Gasteiger partial charge is 0.0656 e. The lowest BCUT2D eigenvalue weighted by atomic mass is 10.4. The Bertz CT molecular complexity index is 204. The van der Waals surface area contributed by atoms with Crippen molar-refractivity contribution in [3.63, 3.8) is 0 Å². The molecule has 0 spiro atoms. The van der Waals surface area contributed by atoms with Gasteiger partial charge in [-0.3, -0.25) is 4.98 Å². The third-order valence-electron chi connectivity index (χ3n) is 0.865. The normalized spacial score (nSPS) is 9.56. The van der Waals surface area contributed by atoms with E-state index < -0.39 is 0 Å². The van der Waals surface area contributed by atoms with Crippen LogP contribution in [0.25, 0.3) is 0 Å². The maximum absolute atomic E-state index is 5.48. The zero-order chi connectivity index (χ0) is 6.85. The minimum absolute atomic E-state index is 0.643. The molecule has 0 fully saturated rings. The third kappa shape index (κ3) is 1.43. The SMILES string of the molecule is Nc1cncc(Br)c1Br. The molecule has 2 N–H and O–H groups in total. The molecule has 0 aliphatic heterocycles. The molecule has 1 aromatic rings. The first-order valence-corrected chi connectivity index (χ1v) is 3.85. The summed E-state index contributed by atoms with van der Waals surface area (Å²) >= 11 is 6.52. The topological polar surface area (TPSA) is 38.9 Å². The van der Waals surface area contributed by atoms with Gasteiger partial charge in [0.15, 0.2) is 0 Å². The van der Waals surface area contributed by atoms with Crippen LogP contribution in [-0.4, -0.2) is 4.98 Å². The predicted molar refractivity (Wildman–Crippen MR) is 44.0 cm³/mol. The number of hydrogen-bond acceptors (Lipinski definition) is 2. The fourth-order valence-corrected chi connectivity index (χ4v) is 0.986. The Morgan fingerprint density at radius 2 is 2.00 bits per heavy atom. The molecule has 9 heavy (non-hydrogen) atoms. The average molecular weight is 252 g/mol. The van der Waals surface area contributed by atoms with Gasteiger partial charge in [-0.2, -0.15) is 0 Å². The van der Waals surface area contributed by atoms with E-state index in [2.05, 4.69) is 36.8 Å². The second-order valence-corrected chi connectivity index (χ2v) is 3.17. The second-order valence-electron chi connectivity index (χ2n) is 1.52. The Labute approximate surface area is 69.7 Å². The van der Waals surface area contributed by atoms with E-state index in [-0.39, 0.29) is 0 Å². The van der Waals surface area contributed by atoms with E-state index in [1.165, 1.54) is 0 Å². The van der Waals surface area contributed by atoms with Crippen LogP contribution >= 0.6 is 31.9 Å². The Hall–Kier alpha value is -0.0900. The summed E-state index contributed by atoms with van der Waals surface area (Å²) in [6.45, 7) is 0. The van der Waals surface area contributed by atoms with Crippen LogP contribution in [-0.2, 0) is 0 Å². The lowest BCUT2D eigenvalue weighted by Gasteiger charge is -1.96.